The molecule has 0 saturated carbocycles. The normalized spacial score (nSPS) is 23.0. The predicted octanol–water partition coefficient (Wildman–Crippen LogP) is 16.1. The van der Waals surface area contributed by atoms with E-state index in [-0.39, 0.29) is 36.9 Å². The van der Waals surface area contributed by atoms with Gasteiger partial charge in [0.1, 0.15) is 28.5 Å². The topological polar surface area (TPSA) is 183 Å². The fourth-order valence-corrected chi connectivity index (χ4v) is 12.6. The summed E-state index contributed by atoms with van der Waals surface area (Å²) in [6.45, 7) is 42.1. The number of aliphatic hydroxyl groups is 1. The van der Waals surface area contributed by atoms with Crippen molar-refractivity contribution in [3.8, 4) is 17.2 Å². The van der Waals surface area contributed by atoms with E-state index in [0.29, 0.717) is 60.6 Å². The number of halogens is 1. The van der Waals surface area contributed by atoms with E-state index >= 15 is 0 Å². The molecule has 2 amide bonds. The molecule has 0 spiro atoms. The van der Waals surface area contributed by atoms with Crippen molar-refractivity contribution in [2.45, 2.75) is 229 Å². The van der Waals surface area contributed by atoms with Gasteiger partial charge in [-0.2, -0.15) is 0 Å². The number of amides is 2. The second kappa shape index (κ2) is 43.8. The molecule has 5 saturated heterocycles. The number of phenols is 2. The average molecular weight is 1390 g/mol. The zero-order valence-corrected chi connectivity index (χ0v) is 63.6. The maximum Gasteiger partial charge on any atom is 0.410 e. The molecule has 554 valence electrons. The number of nitrogens with one attached hydrogen (secondary N) is 2. The van der Waals surface area contributed by atoms with E-state index in [1.54, 1.807) is 19.2 Å². The highest BCUT2D eigenvalue weighted by atomic mass is 35.5. The largest absolute Gasteiger partial charge is 0.508 e. The number of phenolic OH excluding ortho intramolecular Hbond substituents is 2. The van der Waals surface area contributed by atoms with E-state index < -0.39 is 11.2 Å². The SMILES string of the molecule is C.CO.COc1cccc(N2C[C@@H](C)N(C(=O)OC(C)(C)C)C[C@H]2C)c1.C[C@@H]1CN(c2cccc(O)c2)[C@H](C)CN1.C[C@@H]1CN(c2cccc(O)c2)[C@H](C)CN1CCCc1ccccc1.C[C@H]1CC[C@@H](C)N(C(=O)OC(C)(C)C)C1.C[C@H]1CC[C@@H](C)NC1.O=C(Cl)CCc1ccccc1. The Morgan fingerprint density at radius 1 is 0.485 bits per heavy atom. The van der Waals surface area contributed by atoms with Gasteiger partial charge in [0, 0.05) is 143 Å². The second-order valence-corrected chi connectivity index (χ2v) is 29.9. The van der Waals surface area contributed by atoms with Crippen molar-refractivity contribution in [3.05, 3.63) is 145 Å². The molecule has 17 nitrogen and oxygen atoms in total. The van der Waals surface area contributed by atoms with Crippen LogP contribution < -0.4 is 30.1 Å². The molecule has 0 unspecified atom stereocenters. The minimum atomic E-state index is -0.468. The summed E-state index contributed by atoms with van der Waals surface area (Å²) in [4.78, 5) is 48.0. The van der Waals surface area contributed by atoms with Crippen LogP contribution in [0.5, 0.6) is 17.2 Å². The summed E-state index contributed by atoms with van der Waals surface area (Å²) in [5, 5.41) is 32.8. The standard InChI is InChI=1S/C21H28N2O.C18H28N2O3.C12H18N2O.C12H23NO2.C9H9ClO.C7H15N.CH4O.CH4/c1-17-16-23(20-11-6-12-21(24)14-20)18(2)15-22(17)13-7-10-19-8-4-3-5-9-19;1-13-12-20(17(21)23-18(3,4)5)14(2)11-19(13)15-8-7-9-16(10-15)22-6;1-9-8-14(10(2)7-13-9)11-4-3-5-12(15)6-11;1-9-6-7-10(2)13(8-9)11(14)15-12(3,4)5;10-9(11)7-6-8-4-2-1-3-5-8;1-6-3-4-7(2)8-5-6;1-2;/h3-6,8-9,11-12,14,17-18,24H,7,10,13,15-16H2,1-2H3;7-10,13-14H,11-12H2,1-6H3;3-6,9-10,13,15H,7-8H2,1-2H3;9-10H,6-8H2,1-5H3;1-5H,6-7H2;6-8H,3-5H2,1-2H3;2H,1H3;1H4/t17-,18-;13-,14-;9-,10-;9-,10+;;6-,7+;;/m1110.0../s1. The van der Waals surface area contributed by atoms with Crippen molar-refractivity contribution >= 4 is 46.1 Å². The maximum absolute atomic E-state index is 12.4. The number of hydrogen-bond acceptors (Lipinski definition) is 15. The van der Waals surface area contributed by atoms with Gasteiger partial charge < -0.3 is 64.7 Å². The minimum absolute atomic E-state index is 0. The number of piperidine rings is 2. The van der Waals surface area contributed by atoms with E-state index in [0.717, 1.165) is 113 Å². The number of benzene rings is 5. The number of carbonyl (C=O) groups excluding carboxylic acids is 3. The number of carbonyl (C=O) groups is 3. The molecule has 5 N–H and O–H groups in total. The van der Waals surface area contributed by atoms with Crippen molar-refractivity contribution in [2.75, 3.05) is 87.8 Å². The number of nitrogens with zero attached hydrogens (tertiary/aromatic N) is 6. The van der Waals surface area contributed by atoms with Crippen LogP contribution in [0.1, 0.15) is 168 Å². The number of ether oxygens (including phenoxy) is 3. The molecule has 5 aliphatic heterocycles. The van der Waals surface area contributed by atoms with Crippen LogP contribution in [-0.4, -0.2) is 180 Å². The summed E-state index contributed by atoms with van der Waals surface area (Å²) in [5.41, 5.74) is 5.07. The Labute approximate surface area is 602 Å². The molecule has 5 aromatic rings. The number of aliphatic hydroxyl groups excluding tert-OH is 1. The lowest BCUT2D eigenvalue weighted by Gasteiger charge is -2.45. The number of piperazine rings is 3. The molecule has 10 atom stereocenters. The molecule has 5 aromatic carbocycles. The molecule has 5 aliphatic rings. The number of hydrogen-bond donors (Lipinski definition) is 5. The van der Waals surface area contributed by atoms with Gasteiger partial charge in [-0.1, -0.05) is 100 Å². The first-order valence-corrected chi connectivity index (χ1v) is 36.2. The Hall–Kier alpha value is -6.76. The zero-order chi connectivity index (χ0) is 72.7. The van der Waals surface area contributed by atoms with Crippen LogP contribution in [0.25, 0.3) is 0 Å². The Balaban J connectivity index is 0.000000317. The molecule has 0 radical (unpaired) electrons. The van der Waals surface area contributed by atoms with Gasteiger partial charge in [-0.15, -0.1) is 0 Å². The third-order valence-electron chi connectivity index (χ3n) is 18.1. The molecule has 5 fully saturated rings. The van der Waals surface area contributed by atoms with E-state index in [1.165, 1.54) is 37.8 Å². The third kappa shape index (κ3) is 32.2. The van der Waals surface area contributed by atoms with Gasteiger partial charge in [0.15, 0.2) is 0 Å². The number of aryl methyl sites for hydroxylation is 2. The number of likely N-dealkylation sites (tertiary alicyclic amines) is 1. The molecule has 5 heterocycles. The Morgan fingerprint density at radius 2 is 0.949 bits per heavy atom. The van der Waals surface area contributed by atoms with E-state index in [2.05, 4.69) is 142 Å². The van der Waals surface area contributed by atoms with Crippen molar-refractivity contribution in [1.29, 1.82) is 0 Å². The number of aromatic hydroxyl groups is 2. The quantitative estimate of drug-likeness (QED) is 0.0787. The molecule has 0 aromatic heterocycles. The van der Waals surface area contributed by atoms with Crippen molar-refractivity contribution < 1.29 is 43.9 Å². The summed E-state index contributed by atoms with van der Waals surface area (Å²) in [5.74, 6) is 3.03. The van der Waals surface area contributed by atoms with Gasteiger partial charge in [-0.25, -0.2) is 9.59 Å². The lowest BCUT2D eigenvalue weighted by molar-refractivity contribution is -0.111. The molecule has 0 bridgehead atoms. The van der Waals surface area contributed by atoms with Gasteiger partial charge in [-0.05, 0) is 226 Å². The van der Waals surface area contributed by atoms with Crippen LogP contribution in [0.4, 0.5) is 26.7 Å². The first kappa shape index (κ1) is 86.5. The fourth-order valence-electron chi connectivity index (χ4n) is 12.5. The number of anilines is 3. The lowest BCUT2D eigenvalue weighted by Crippen LogP contribution is -2.59. The highest BCUT2D eigenvalue weighted by Crippen LogP contribution is 2.30. The lowest BCUT2D eigenvalue weighted by atomic mass is 9.95. The van der Waals surface area contributed by atoms with Gasteiger partial charge in [0.05, 0.1) is 7.11 Å². The molecule has 0 aliphatic carbocycles. The van der Waals surface area contributed by atoms with Gasteiger partial charge in [0.25, 0.3) is 0 Å². The van der Waals surface area contributed by atoms with Gasteiger partial charge >= 0.3 is 12.2 Å². The predicted molar refractivity (Wildman–Crippen MR) is 412 cm³/mol. The first-order chi connectivity index (χ1) is 46.4. The van der Waals surface area contributed by atoms with Crippen molar-refractivity contribution in [2.24, 2.45) is 11.8 Å². The monoisotopic (exact) mass is 1390 g/mol. The summed E-state index contributed by atoms with van der Waals surface area (Å²) < 4.78 is 16.2. The smallest absolute Gasteiger partial charge is 0.410 e. The summed E-state index contributed by atoms with van der Waals surface area (Å²) >= 11 is 5.19. The maximum atomic E-state index is 12.4. The Bertz CT molecular complexity index is 3040. The van der Waals surface area contributed by atoms with Gasteiger partial charge in [-0.3, -0.25) is 9.69 Å². The van der Waals surface area contributed by atoms with Crippen LogP contribution >= 0.6 is 11.6 Å². The average Bonchev–Trinajstić information content (AvgIpc) is 0.820. The van der Waals surface area contributed by atoms with Crippen molar-refractivity contribution in [3.63, 3.8) is 0 Å². The first-order valence-electron chi connectivity index (χ1n) is 35.8. The molecule has 10 rings (SSSR count). The van der Waals surface area contributed by atoms with E-state index in [1.807, 2.05) is 130 Å². The van der Waals surface area contributed by atoms with Crippen LogP contribution in [0.15, 0.2) is 133 Å². The van der Waals surface area contributed by atoms with Crippen LogP contribution in [0, 0.1) is 11.8 Å². The van der Waals surface area contributed by atoms with E-state index in [4.69, 9.17) is 30.9 Å². The van der Waals surface area contributed by atoms with Crippen molar-refractivity contribution in [1.82, 2.24) is 25.3 Å². The van der Waals surface area contributed by atoms with Gasteiger partial charge in [0.2, 0.25) is 5.24 Å². The fraction of sp³-hybridized carbons (Fsp3) is 0.593. The minimum Gasteiger partial charge on any atom is -0.508 e. The molecule has 99 heavy (non-hydrogen) atoms. The van der Waals surface area contributed by atoms with Crippen LogP contribution in [0.2, 0.25) is 0 Å². The highest BCUT2D eigenvalue weighted by molar-refractivity contribution is 6.63. The third-order valence-corrected chi connectivity index (χ3v) is 18.2. The second-order valence-electron chi connectivity index (χ2n) is 29.5. The van der Waals surface area contributed by atoms with Crippen LogP contribution in [-0.2, 0) is 27.1 Å². The molecule has 18 heteroatoms. The number of methoxy groups -OCH3 is 1. The van der Waals surface area contributed by atoms with Crippen LogP contribution in [0.3, 0.4) is 0 Å². The summed E-state index contributed by atoms with van der Waals surface area (Å²) in [6, 6.07) is 47.1. The Kier molecular flexibility index (Phi) is 38.3. The Morgan fingerprint density at radius 3 is 1.43 bits per heavy atom. The molecular weight excluding hydrogens is 1260 g/mol. The summed E-state index contributed by atoms with van der Waals surface area (Å²) in [7, 11) is 2.67. The number of rotatable bonds is 11. The molecular formula is C81H129ClN8O9. The highest BCUT2D eigenvalue weighted by Gasteiger charge is 2.36. The zero-order valence-electron chi connectivity index (χ0n) is 62.8. The summed E-state index contributed by atoms with van der Waals surface area (Å²) in [6.07, 6.45) is 8.18. The van der Waals surface area contributed by atoms with E-state index in [9.17, 15) is 24.6 Å².